The number of carbonyl (C=O) groups excluding carboxylic acids is 1. The zero-order valence-electron chi connectivity index (χ0n) is 7.75. The molecule has 4 nitrogen and oxygen atoms in total. The Hall–Kier alpha value is -1.00. The Morgan fingerprint density at radius 3 is 2.93 bits per heavy atom. The van der Waals surface area contributed by atoms with Gasteiger partial charge in [0.25, 0.3) is 5.91 Å². The maximum atomic E-state index is 11.4. The number of rotatable bonds is 5. The van der Waals surface area contributed by atoms with Gasteiger partial charge in [0.05, 0.1) is 11.8 Å². The van der Waals surface area contributed by atoms with Crippen LogP contribution in [0.5, 0.6) is 0 Å². The third-order valence-corrected chi connectivity index (χ3v) is 2.07. The van der Waals surface area contributed by atoms with E-state index in [1.807, 2.05) is 0 Å². The summed E-state index contributed by atoms with van der Waals surface area (Å²) < 4.78 is 4.80. The summed E-state index contributed by atoms with van der Waals surface area (Å²) in [4.78, 5) is 11.4. The van der Waals surface area contributed by atoms with Crippen molar-refractivity contribution in [2.75, 3.05) is 13.1 Å². The third-order valence-electron chi connectivity index (χ3n) is 1.78. The molecule has 78 valence electrons. The summed E-state index contributed by atoms with van der Waals surface area (Å²) in [6, 6.07) is 1.54. The molecule has 14 heavy (non-hydrogen) atoms. The lowest BCUT2D eigenvalue weighted by atomic mass is 10.3. The standard InChI is InChI=1S/C9H13ClN2O2/c10-8-7(3-6-14-8)9(13)12-5-2-1-4-11/h3,6H,1-2,4-5,11H2,(H,12,13). The van der Waals surface area contributed by atoms with E-state index in [1.165, 1.54) is 6.26 Å². The lowest BCUT2D eigenvalue weighted by molar-refractivity contribution is 0.0952. The first-order chi connectivity index (χ1) is 6.75. The molecule has 0 bridgehead atoms. The maximum Gasteiger partial charge on any atom is 0.256 e. The smallest absolute Gasteiger partial charge is 0.256 e. The number of amides is 1. The lowest BCUT2D eigenvalue weighted by Crippen LogP contribution is -2.24. The van der Waals surface area contributed by atoms with Gasteiger partial charge in [0, 0.05) is 6.54 Å². The van der Waals surface area contributed by atoms with Crippen molar-refractivity contribution in [3.05, 3.63) is 23.1 Å². The van der Waals surface area contributed by atoms with Gasteiger partial charge in [-0.05, 0) is 37.1 Å². The minimum absolute atomic E-state index is 0.126. The fraction of sp³-hybridized carbons (Fsp3) is 0.444. The summed E-state index contributed by atoms with van der Waals surface area (Å²) in [5.74, 6) is -0.208. The van der Waals surface area contributed by atoms with Crippen LogP contribution in [0.3, 0.4) is 0 Å². The van der Waals surface area contributed by atoms with Gasteiger partial charge >= 0.3 is 0 Å². The molecule has 0 radical (unpaired) electrons. The molecule has 0 fully saturated rings. The molecule has 0 spiro atoms. The van der Waals surface area contributed by atoms with Crippen LogP contribution in [0.25, 0.3) is 0 Å². The zero-order valence-corrected chi connectivity index (χ0v) is 8.51. The van der Waals surface area contributed by atoms with Crippen LogP contribution < -0.4 is 11.1 Å². The van der Waals surface area contributed by atoms with E-state index in [2.05, 4.69) is 5.32 Å². The normalized spacial score (nSPS) is 10.1. The van der Waals surface area contributed by atoms with E-state index in [9.17, 15) is 4.79 Å². The first kappa shape index (κ1) is 11.1. The highest BCUT2D eigenvalue weighted by Gasteiger charge is 2.11. The Morgan fingerprint density at radius 1 is 1.57 bits per heavy atom. The predicted octanol–water partition coefficient (Wildman–Crippen LogP) is 1.40. The molecule has 1 aromatic rings. The van der Waals surface area contributed by atoms with E-state index in [4.69, 9.17) is 21.8 Å². The van der Waals surface area contributed by atoms with Crippen molar-refractivity contribution in [3.63, 3.8) is 0 Å². The van der Waals surface area contributed by atoms with Gasteiger partial charge in [-0.2, -0.15) is 0 Å². The Kier molecular flexibility index (Phi) is 4.49. The highest BCUT2D eigenvalue weighted by atomic mass is 35.5. The number of hydrogen-bond donors (Lipinski definition) is 2. The number of nitrogens with one attached hydrogen (secondary N) is 1. The van der Waals surface area contributed by atoms with E-state index in [-0.39, 0.29) is 11.1 Å². The van der Waals surface area contributed by atoms with Gasteiger partial charge in [-0.1, -0.05) is 0 Å². The topological polar surface area (TPSA) is 68.3 Å². The van der Waals surface area contributed by atoms with Crippen molar-refractivity contribution in [1.82, 2.24) is 5.32 Å². The molecule has 0 saturated carbocycles. The third kappa shape index (κ3) is 3.05. The van der Waals surface area contributed by atoms with E-state index in [0.717, 1.165) is 12.8 Å². The van der Waals surface area contributed by atoms with Crippen LogP contribution in [0, 0.1) is 0 Å². The van der Waals surface area contributed by atoms with Crippen LogP contribution in [0.4, 0.5) is 0 Å². The van der Waals surface area contributed by atoms with Crippen LogP contribution in [0.15, 0.2) is 16.7 Å². The van der Waals surface area contributed by atoms with Gasteiger partial charge < -0.3 is 15.5 Å². The molecule has 1 heterocycles. The van der Waals surface area contributed by atoms with E-state index in [1.54, 1.807) is 6.07 Å². The number of nitrogens with two attached hydrogens (primary N) is 1. The molecule has 3 N–H and O–H groups in total. The van der Waals surface area contributed by atoms with Crippen molar-refractivity contribution < 1.29 is 9.21 Å². The molecule has 0 atom stereocenters. The predicted molar refractivity (Wildman–Crippen MR) is 54.3 cm³/mol. The van der Waals surface area contributed by atoms with Crippen molar-refractivity contribution >= 4 is 17.5 Å². The van der Waals surface area contributed by atoms with E-state index >= 15 is 0 Å². The summed E-state index contributed by atoms with van der Waals surface area (Å²) in [5.41, 5.74) is 5.69. The van der Waals surface area contributed by atoms with Crippen LogP contribution in [0.1, 0.15) is 23.2 Å². The van der Waals surface area contributed by atoms with Crippen LogP contribution in [0.2, 0.25) is 5.22 Å². The summed E-state index contributed by atoms with van der Waals surface area (Å²) in [7, 11) is 0. The Balaban J connectivity index is 2.32. The zero-order chi connectivity index (χ0) is 10.4. The molecule has 5 heteroatoms. The molecule has 0 aliphatic rings. The fourth-order valence-electron chi connectivity index (χ4n) is 1.02. The fourth-order valence-corrected chi connectivity index (χ4v) is 1.22. The summed E-state index contributed by atoms with van der Waals surface area (Å²) in [6.07, 6.45) is 3.16. The first-order valence-electron chi connectivity index (χ1n) is 4.47. The second-order valence-corrected chi connectivity index (χ2v) is 3.20. The quantitative estimate of drug-likeness (QED) is 0.732. The van der Waals surface area contributed by atoms with Gasteiger partial charge in [-0.15, -0.1) is 0 Å². The SMILES string of the molecule is NCCCCNC(=O)c1ccoc1Cl. The number of hydrogen-bond acceptors (Lipinski definition) is 3. The molecule has 0 saturated heterocycles. The highest BCUT2D eigenvalue weighted by molar-refractivity contribution is 6.32. The monoisotopic (exact) mass is 216 g/mol. The van der Waals surface area contributed by atoms with Crippen LogP contribution >= 0.6 is 11.6 Å². The molecule has 0 aromatic carbocycles. The van der Waals surface area contributed by atoms with Gasteiger partial charge in [-0.3, -0.25) is 4.79 Å². The number of unbranched alkanes of at least 4 members (excludes halogenated alkanes) is 1. The van der Waals surface area contributed by atoms with E-state index in [0.29, 0.717) is 18.7 Å². The minimum Gasteiger partial charge on any atom is -0.452 e. The largest absolute Gasteiger partial charge is 0.452 e. The van der Waals surface area contributed by atoms with Gasteiger partial charge in [0.1, 0.15) is 0 Å². The minimum atomic E-state index is -0.208. The number of carbonyl (C=O) groups is 1. The molecule has 1 amide bonds. The van der Waals surface area contributed by atoms with Crippen molar-refractivity contribution in [2.45, 2.75) is 12.8 Å². The summed E-state index contributed by atoms with van der Waals surface area (Å²) in [6.45, 7) is 1.25. The van der Waals surface area contributed by atoms with Crippen molar-refractivity contribution in [2.24, 2.45) is 5.73 Å². The average Bonchev–Trinajstić information content (AvgIpc) is 2.59. The molecule has 1 aromatic heterocycles. The Morgan fingerprint density at radius 2 is 2.36 bits per heavy atom. The van der Waals surface area contributed by atoms with Gasteiger partial charge in [0.15, 0.2) is 0 Å². The molecule has 0 unspecified atom stereocenters. The van der Waals surface area contributed by atoms with Crippen LogP contribution in [-0.2, 0) is 0 Å². The summed E-state index contributed by atoms with van der Waals surface area (Å²) >= 11 is 5.63. The lowest BCUT2D eigenvalue weighted by Gasteiger charge is -2.02. The molecule has 0 aliphatic heterocycles. The Bertz CT molecular complexity index is 299. The van der Waals surface area contributed by atoms with Crippen LogP contribution in [-0.4, -0.2) is 19.0 Å². The highest BCUT2D eigenvalue weighted by Crippen LogP contribution is 2.15. The second kappa shape index (κ2) is 5.67. The second-order valence-electron chi connectivity index (χ2n) is 2.86. The van der Waals surface area contributed by atoms with Crippen molar-refractivity contribution in [3.8, 4) is 0 Å². The molecule has 0 aliphatic carbocycles. The molecular formula is C9H13ClN2O2. The molecule has 1 rings (SSSR count). The van der Waals surface area contributed by atoms with Gasteiger partial charge in [-0.25, -0.2) is 0 Å². The summed E-state index contributed by atoms with van der Waals surface area (Å²) in [5, 5.41) is 2.85. The maximum absolute atomic E-state index is 11.4. The molecular weight excluding hydrogens is 204 g/mol. The van der Waals surface area contributed by atoms with E-state index < -0.39 is 0 Å². The van der Waals surface area contributed by atoms with Crippen molar-refractivity contribution in [1.29, 1.82) is 0 Å². The number of furan rings is 1. The number of halogens is 1. The average molecular weight is 217 g/mol. The van der Waals surface area contributed by atoms with Gasteiger partial charge in [0.2, 0.25) is 5.22 Å². The Labute approximate surface area is 87.4 Å². The first-order valence-corrected chi connectivity index (χ1v) is 4.84.